The molecule has 0 saturated carbocycles. The first-order valence-electron chi connectivity index (χ1n) is 9.88. The summed E-state index contributed by atoms with van der Waals surface area (Å²) >= 11 is 6.65. The number of nitrogens with one attached hydrogen (secondary N) is 1. The van der Waals surface area contributed by atoms with E-state index in [0.717, 1.165) is 41.8 Å². The van der Waals surface area contributed by atoms with E-state index in [4.69, 9.17) is 11.6 Å². The van der Waals surface area contributed by atoms with Gasteiger partial charge in [-0.15, -0.1) is 0 Å². The summed E-state index contributed by atoms with van der Waals surface area (Å²) < 4.78 is 0. The van der Waals surface area contributed by atoms with E-state index in [9.17, 15) is 14.4 Å². The number of rotatable bonds is 4. The molecule has 150 valence electrons. The fourth-order valence-electron chi connectivity index (χ4n) is 3.93. The van der Waals surface area contributed by atoms with Crippen molar-refractivity contribution in [2.24, 2.45) is 0 Å². The molecule has 6 nitrogen and oxygen atoms in total. The van der Waals surface area contributed by atoms with Gasteiger partial charge >= 0.3 is 0 Å². The average Bonchev–Trinajstić information content (AvgIpc) is 2.71. The molecule has 2 fully saturated rings. The third-order valence-corrected chi connectivity index (χ3v) is 5.97. The highest BCUT2D eigenvalue weighted by Crippen LogP contribution is 2.37. The highest BCUT2D eigenvalue weighted by atomic mass is 35.5. The van der Waals surface area contributed by atoms with Crippen LogP contribution in [0.1, 0.15) is 49.3 Å². The van der Waals surface area contributed by atoms with E-state index >= 15 is 0 Å². The number of carbonyl (C=O) groups is 3. The van der Waals surface area contributed by atoms with E-state index in [1.165, 1.54) is 0 Å². The van der Waals surface area contributed by atoms with Crippen LogP contribution in [0.2, 0.25) is 5.02 Å². The topological polar surface area (TPSA) is 79.4 Å². The van der Waals surface area contributed by atoms with Gasteiger partial charge in [0.15, 0.2) is 0 Å². The molecular weight excluding hydrogens is 390 g/mol. The highest BCUT2D eigenvalue weighted by molar-refractivity contribution is 6.34. The summed E-state index contributed by atoms with van der Waals surface area (Å²) in [6.45, 7) is 1.30. The Bertz CT molecular complexity index is 958. The molecule has 2 saturated heterocycles. The van der Waals surface area contributed by atoms with E-state index in [-0.39, 0.29) is 17.7 Å². The normalized spacial score (nSPS) is 20.0. The van der Waals surface area contributed by atoms with Crippen molar-refractivity contribution >= 4 is 29.3 Å². The van der Waals surface area contributed by atoms with Crippen LogP contribution in [0.5, 0.6) is 0 Å². The van der Waals surface area contributed by atoms with Gasteiger partial charge in [-0.1, -0.05) is 35.9 Å². The van der Waals surface area contributed by atoms with Crippen LogP contribution in [0, 0.1) is 0 Å². The highest BCUT2D eigenvalue weighted by Gasteiger charge is 2.30. The molecule has 3 amide bonds. The molecule has 4 rings (SSSR count). The number of hydrogen-bond acceptors (Lipinski definition) is 4. The number of carbonyl (C=O) groups excluding carboxylic acids is 3. The van der Waals surface area contributed by atoms with E-state index < -0.39 is 5.92 Å². The summed E-state index contributed by atoms with van der Waals surface area (Å²) in [4.78, 5) is 42.0. The molecule has 3 heterocycles. The number of benzene rings is 1. The molecule has 2 aliphatic heterocycles. The second-order valence-electron chi connectivity index (χ2n) is 7.52. The van der Waals surface area contributed by atoms with Gasteiger partial charge in [0.2, 0.25) is 17.7 Å². The molecule has 2 aliphatic rings. The Kier molecular flexibility index (Phi) is 5.62. The summed E-state index contributed by atoms with van der Waals surface area (Å²) in [6.07, 6.45) is 5.12. The van der Waals surface area contributed by atoms with Crippen LogP contribution in [0.15, 0.2) is 36.5 Å². The minimum atomic E-state index is -0.433. The molecule has 1 aromatic heterocycles. The lowest BCUT2D eigenvalue weighted by molar-refractivity contribution is -0.135. The Hall–Kier alpha value is -2.73. The lowest BCUT2D eigenvalue weighted by atomic mass is 9.88. The predicted octanol–water partition coefficient (Wildman–Crippen LogP) is 3.43. The number of imide groups is 1. The van der Waals surface area contributed by atoms with Crippen LogP contribution >= 0.6 is 11.6 Å². The molecule has 0 radical (unpaired) electrons. The number of halogens is 1. The Balaban J connectivity index is 1.55. The zero-order valence-corrected chi connectivity index (χ0v) is 16.7. The van der Waals surface area contributed by atoms with Crippen LogP contribution in [0.3, 0.4) is 0 Å². The number of piperidine rings is 2. The van der Waals surface area contributed by atoms with Crippen molar-refractivity contribution in [1.82, 2.24) is 15.2 Å². The van der Waals surface area contributed by atoms with Gasteiger partial charge in [0.1, 0.15) is 0 Å². The van der Waals surface area contributed by atoms with E-state index in [1.54, 1.807) is 6.20 Å². The first-order valence-corrected chi connectivity index (χ1v) is 10.3. The molecule has 1 unspecified atom stereocenters. The smallest absolute Gasteiger partial charge is 0.234 e. The van der Waals surface area contributed by atoms with Crippen molar-refractivity contribution in [3.63, 3.8) is 0 Å². The Morgan fingerprint density at radius 3 is 2.69 bits per heavy atom. The molecular formula is C22H22ClN3O3. The van der Waals surface area contributed by atoms with Crippen LogP contribution in [0.25, 0.3) is 11.1 Å². The molecule has 7 heteroatoms. The minimum absolute atomic E-state index is 0.183. The predicted molar refractivity (Wildman–Crippen MR) is 109 cm³/mol. The molecule has 2 aromatic rings. The number of aromatic nitrogens is 1. The lowest BCUT2D eigenvalue weighted by Gasteiger charge is -2.26. The monoisotopic (exact) mass is 411 g/mol. The summed E-state index contributed by atoms with van der Waals surface area (Å²) in [5, 5.41) is 2.89. The van der Waals surface area contributed by atoms with Crippen molar-refractivity contribution in [3.05, 3.63) is 52.8 Å². The Morgan fingerprint density at radius 1 is 1.10 bits per heavy atom. The minimum Gasteiger partial charge on any atom is -0.337 e. The van der Waals surface area contributed by atoms with Crippen LogP contribution < -0.4 is 5.32 Å². The summed E-state index contributed by atoms with van der Waals surface area (Å²) in [5.74, 6) is -0.801. The van der Waals surface area contributed by atoms with Gasteiger partial charge < -0.3 is 4.90 Å². The SMILES string of the molecule is O=C1CCC(c2cccc(-c3ccc(CN4CCCCC4=O)nc3)c2Cl)C(=O)N1. The third kappa shape index (κ3) is 4.17. The fourth-order valence-corrected chi connectivity index (χ4v) is 4.30. The standard InChI is InChI=1S/C22H22ClN3O3/c23-21-16(4-3-5-17(21)18-9-10-19(27)25-22(18)29)14-7-8-15(24-12-14)13-26-11-2-1-6-20(26)28/h3-5,7-8,12,18H,1-2,6,9-11,13H2,(H,25,27,29). The third-order valence-electron chi connectivity index (χ3n) is 5.55. The van der Waals surface area contributed by atoms with Gasteiger partial charge in [-0.3, -0.25) is 24.7 Å². The Morgan fingerprint density at radius 2 is 1.97 bits per heavy atom. The van der Waals surface area contributed by atoms with E-state index in [2.05, 4.69) is 10.3 Å². The van der Waals surface area contributed by atoms with Crippen molar-refractivity contribution in [2.45, 2.75) is 44.6 Å². The average molecular weight is 412 g/mol. The second-order valence-corrected chi connectivity index (χ2v) is 7.90. The zero-order chi connectivity index (χ0) is 20.4. The van der Waals surface area contributed by atoms with Crippen molar-refractivity contribution < 1.29 is 14.4 Å². The zero-order valence-electron chi connectivity index (χ0n) is 16.0. The molecule has 0 spiro atoms. The van der Waals surface area contributed by atoms with E-state index in [0.29, 0.717) is 30.8 Å². The maximum Gasteiger partial charge on any atom is 0.234 e. The molecule has 1 atom stereocenters. The van der Waals surface area contributed by atoms with Crippen LogP contribution in [-0.4, -0.2) is 34.2 Å². The van der Waals surface area contributed by atoms with Crippen molar-refractivity contribution in [1.29, 1.82) is 0 Å². The van der Waals surface area contributed by atoms with Crippen molar-refractivity contribution in [2.75, 3.05) is 6.54 Å². The maximum absolute atomic E-state index is 12.2. The van der Waals surface area contributed by atoms with Crippen LogP contribution in [-0.2, 0) is 20.9 Å². The molecule has 1 N–H and O–H groups in total. The van der Waals surface area contributed by atoms with Crippen LogP contribution in [0.4, 0.5) is 0 Å². The van der Waals surface area contributed by atoms with Gasteiger partial charge in [0.05, 0.1) is 23.2 Å². The van der Waals surface area contributed by atoms with Gasteiger partial charge in [-0.2, -0.15) is 0 Å². The molecule has 29 heavy (non-hydrogen) atoms. The summed E-state index contributed by atoms with van der Waals surface area (Å²) in [7, 11) is 0. The number of hydrogen-bond donors (Lipinski definition) is 1. The Labute approximate surface area is 174 Å². The summed E-state index contributed by atoms with van der Waals surface area (Å²) in [6, 6.07) is 9.43. The molecule has 0 bridgehead atoms. The van der Waals surface area contributed by atoms with Crippen molar-refractivity contribution in [3.8, 4) is 11.1 Å². The fraction of sp³-hybridized carbons (Fsp3) is 0.364. The number of pyridine rings is 1. The lowest BCUT2D eigenvalue weighted by Crippen LogP contribution is -2.39. The summed E-state index contributed by atoms with van der Waals surface area (Å²) in [5.41, 5.74) is 3.19. The molecule has 0 aliphatic carbocycles. The largest absolute Gasteiger partial charge is 0.337 e. The number of likely N-dealkylation sites (tertiary alicyclic amines) is 1. The first-order chi connectivity index (χ1) is 14.0. The maximum atomic E-state index is 12.2. The second kappa shape index (κ2) is 8.33. The van der Waals surface area contributed by atoms with E-state index in [1.807, 2.05) is 35.2 Å². The number of nitrogens with zero attached hydrogens (tertiary/aromatic N) is 2. The van der Waals surface area contributed by atoms with Gasteiger partial charge in [-0.25, -0.2) is 0 Å². The van der Waals surface area contributed by atoms with Gasteiger partial charge in [-0.05, 0) is 30.9 Å². The quantitative estimate of drug-likeness (QED) is 0.781. The molecule has 1 aromatic carbocycles. The number of amides is 3. The first kappa shape index (κ1) is 19.6. The van der Waals surface area contributed by atoms with Gasteiger partial charge in [0, 0.05) is 36.7 Å². The van der Waals surface area contributed by atoms with Gasteiger partial charge in [0.25, 0.3) is 0 Å².